The summed E-state index contributed by atoms with van der Waals surface area (Å²) in [6.07, 6.45) is -1.68. The molecule has 3 saturated heterocycles. The molecule has 0 saturated carbocycles. The SMILES string of the molecule is CC(C)C[C@H]1C(=O)OCC(=O)N(C)[C@@H](CC(C)(C)F)C(=O)O[C@H](Cc2ccc(C3CCOCC3)cc2)C(=O)N(C)[C@@H](CC(C)C)C(=O)OCC(=O)N(C)[C@@H](CC(C)(C)F)C(=O)O[C@H](Cc2ccc(C3CCOCC3)cc2)C(=O)N1C. The van der Waals surface area contributed by atoms with Gasteiger partial charge >= 0.3 is 23.9 Å². The van der Waals surface area contributed by atoms with Gasteiger partial charge in [-0.1, -0.05) is 76.2 Å². The molecule has 0 aliphatic carbocycles. The van der Waals surface area contributed by atoms with E-state index in [0.717, 1.165) is 56.4 Å². The van der Waals surface area contributed by atoms with Crippen LogP contribution in [-0.2, 0) is 79.6 Å². The lowest BCUT2D eigenvalue weighted by molar-refractivity contribution is -0.173. The monoisotopic (exact) mass is 1120 g/mol. The lowest BCUT2D eigenvalue weighted by atomic mass is 9.90. The van der Waals surface area contributed by atoms with Crippen molar-refractivity contribution in [2.24, 2.45) is 11.8 Å². The number of carbonyl (C=O) groups is 8. The molecule has 18 nitrogen and oxygen atoms in total. The van der Waals surface area contributed by atoms with Crippen molar-refractivity contribution < 1.29 is 75.6 Å². The average Bonchev–Trinajstić information content (AvgIpc) is 3.41. The average molecular weight is 1130 g/mol. The van der Waals surface area contributed by atoms with Crippen LogP contribution in [0.1, 0.15) is 141 Å². The molecule has 3 fully saturated rings. The molecule has 0 spiro atoms. The van der Waals surface area contributed by atoms with Crippen LogP contribution in [0, 0.1) is 11.8 Å². The van der Waals surface area contributed by atoms with Gasteiger partial charge in [-0.2, -0.15) is 0 Å². The first-order chi connectivity index (χ1) is 37.5. The van der Waals surface area contributed by atoms with Gasteiger partial charge in [0, 0.05) is 80.3 Å². The van der Waals surface area contributed by atoms with E-state index in [9.17, 15) is 38.4 Å². The predicted molar refractivity (Wildman–Crippen MR) is 292 cm³/mol. The summed E-state index contributed by atoms with van der Waals surface area (Å²) in [5, 5.41) is 0. The van der Waals surface area contributed by atoms with Crippen LogP contribution in [0.4, 0.5) is 8.78 Å². The molecule has 0 unspecified atom stereocenters. The molecule has 0 N–H and O–H groups in total. The van der Waals surface area contributed by atoms with E-state index in [-0.39, 0.29) is 49.4 Å². The second-order valence-electron chi connectivity index (χ2n) is 23.8. The van der Waals surface area contributed by atoms with E-state index in [4.69, 9.17) is 28.4 Å². The second-order valence-corrected chi connectivity index (χ2v) is 23.8. The number of halogens is 2. The van der Waals surface area contributed by atoms with Crippen LogP contribution in [0.25, 0.3) is 0 Å². The summed E-state index contributed by atoms with van der Waals surface area (Å²) in [5.74, 6) is -7.99. The number of esters is 4. The normalized spacial score (nSPS) is 24.4. The van der Waals surface area contributed by atoms with Gasteiger partial charge < -0.3 is 48.0 Å². The van der Waals surface area contributed by atoms with Gasteiger partial charge in [-0.15, -0.1) is 0 Å². The summed E-state index contributed by atoms with van der Waals surface area (Å²) in [6.45, 7) is 12.5. The molecule has 2 aromatic carbocycles. The zero-order valence-corrected chi connectivity index (χ0v) is 49.0. The smallest absolute Gasteiger partial charge is 0.329 e. The van der Waals surface area contributed by atoms with E-state index in [1.54, 1.807) is 52.0 Å². The van der Waals surface area contributed by atoms with Crippen molar-refractivity contribution in [2.45, 2.75) is 179 Å². The second kappa shape index (κ2) is 29.1. The number of carbonyl (C=O) groups excluding carboxylic acids is 8. The topological polar surface area (TPSA) is 205 Å². The molecular formula is C60H86F2N4O14. The van der Waals surface area contributed by atoms with Crippen molar-refractivity contribution in [1.82, 2.24) is 19.6 Å². The minimum atomic E-state index is -2.09. The van der Waals surface area contributed by atoms with Gasteiger partial charge in [-0.05, 0) is 112 Å². The number of hydrogen-bond donors (Lipinski definition) is 0. The highest BCUT2D eigenvalue weighted by Gasteiger charge is 2.43. The zero-order valence-electron chi connectivity index (χ0n) is 49.0. The Bertz CT molecular complexity index is 2260. The molecule has 0 bridgehead atoms. The third-order valence-corrected chi connectivity index (χ3v) is 15.1. The van der Waals surface area contributed by atoms with E-state index in [2.05, 4.69) is 0 Å². The fourth-order valence-electron chi connectivity index (χ4n) is 10.3. The number of hydrogen-bond acceptors (Lipinski definition) is 14. The standard InChI is InChI=1S/C60H86F2N4O14/c1-37(2)29-45-55(71)77-35-51(67)63(9)48(34-60(7,8)62)58(74)80-50(32-40-15-19-42(20-16-40)44-23-27-76-28-24-44)54(70)66(12)46(30-38(3)4)56(72)78-36-52(68)64(10)47(33-59(5,6)61)57(73)79-49(53(69)65(45)11)31-39-13-17-41(18-14-39)43-21-25-75-26-22-43/h13-20,37-38,43-50H,21-36H2,1-12H3/t45-,46-,47-,48-,49+,50+/m0/s1. The molecule has 0 radical (unpaired) electrons. The Labute approximate surface area is 470 Å². The number of rotatable bonds is 14. The fraction of sp³-hybridized carbons (Fsp3) is 0.667. The maximum Gasteiger partial charge on any atom is 0.329 e. The molecule has 5 rings (SSSR count). The Morgan fingerprint density at radius 3 is 1.07 bits per heavy atom. The number of cyclic esters (lactones) is 4. The van der Waals surface area contributed by atoms with Crippen molar-refractivity contribution in [3.63, 3.8) is 0 Å². The van der Waals surface area contributed by atoms with Crippen molar-refractivity contribution in [3.8, 4) is 0 Å². The number of benzene rings is 2. The van der Waals surface area contributed by atoms with Crippen LogP contribution in [0.5, 0.6) is 0 Å². The number of nitrogens with zero attached hydrogens (tertiary/aromatic N) is 4. The van der Waals surface area contributed by atoms with Gasteiger partial charge in [-0.25, -0.2) is 28.0 Å². The molecule has 6 atom stereocenters. The van der Waals surface area contributed by atoms with E-state index in [1.807, 2.05) is 24.3 Å². The Balaban J connectivity index is 1.57. The van der Waals surface area contributed by atoms with Crippen molar-refractivity contribution in [3.05, 3.63) is 70.8 Å². The maximum absolute atomic E-state index is 15.8. The number of alkyl halides is 2. The van der Waals surface area contributed by atoms with Gasteiger partial charge in [0.25, 0.3) is 23.6 Å². The summed E-state index contributed by atoms with van der Waals surface area (Å²) in [4.78, 5) is 119. The van der Waals surface area contributed by atoms with Gasteiger partial charge in [-0.3, -0.25) is 19.2 Å². The maximum atomic E-state index is 15.8. The molecular weight excluding hydrogens is 1040 g/mol. The predicted octanol–water partition coefficient (Wildman–Crippen LogP) is 6.86. The minimum Gasteiger partial charge on any atom is -0.454 e. The van der Waals surface area contributed by atoms with Crippen molar-refractivity contribution >= 4 is 47.5 Å². The number of ether oxygens (including phenoxy) is 6. The Morgan fingerprint density at radius 1 is 0.475 bits per heavy atom. The van der Waals surface area contributed by atoms with Crippen LogP contribution in [0.3, 0.4) is 0 Å². The molecule has 3 heterocycles. The summed E-state index contributed by atoms with van der Waals surface area (Å²) < 4.78 is 65.8. The summed E-state index contributed by atoms with van der Waals surface area (Å²) in [7, 11) is 5.04. The fourth-order valence-corrected chi connectivity index (χ4v) is 10.3. The molecule has 20 heteroatoms. The van der Waals surface area contributed by atoms with Gasteiger partial charge in [0.15, 0.2) is 25.4 Å². The molecule has 3 aliphatic rings. The first kappa shape index (κ1) is 64.8. The first-order valence-corrected chi connectivity index (χ1v) is 28.0. The van der Waals surface area contributed by atoms with E-state index in [1.165, 1.54) is 55.9 Å². The van der Waals surface area contributed by atoms with Crippen molar-refractivity contribution in [2.75, 3.05) is 67.8 Å². The largest absolute Gasteiger partial charge is 0.454 e. The van der Waals surface area contributed by atoms with Gasteiger partial charge in [0.05, 0.1) is 0 Å². The van der Waals surface area contributed by atoms with E-state index in [0.29, 0.717) is 37.6 Å². The van der Waals surface area contributed by atoms with Crippen LogP contribution in [0.15, 0.2) is 48.5 Å². The zero-order chi connectivity index (χ0) is 59.2. The summed E-state index contributed by atoms with van der Waals surface area (Å²) >= 11 is 0. The molecule has 3 aliphatic heterocycles. The van der Waals surface area contributed by atoms with Gasteiger partial charge in [0.1, 0.15) is 35.5 Å². The Hall–Kier alpha value is -6.02. The summed E-state index contributed by atoms with van der Waals surface area (Å²) in [6, 6.07) is 8.75. The lowest BCUT2D eigenvalue weighted by Crippen LogP contribution is -2.54. The molecule has 80 heavy (non-hydrogen) atoms. The van der Waals surface area contributed by atoms with Crippen molar-refractivity contribution in [1.29, 1.82) is 0 Å². The molecule has 4 amide bonds. The molecule has 0 aromatic heterocycles. The third kappa shape index (κ3) is 19.0. The quantitative estimate of drug-likeness (QED) is 0.140. The third-order valence-electron chi connectivity index (χ3n) is 15.1. The van der Waals surface area contributed by atoms with E-state index >= 15 is 8.78 Å². The Morgan fingerprint density at radius 2 is 0.787 bits per heavy atom. The molecule has 444 valence electrons. The highest BCUT2D eigenvalue weighted by Crippen LogP contribution is 2.31. The Kier molecular flexibility index (Phi) is 23.6. The van der Waals surface area contributed by atoms with Crippen LogP contribution < -0.4 is 0 Å². The highest BCUT2D eigenvalue weighted by molar-refractivity contribution is 5.93. The van der Waals surface area contributed by atoms with Crippen LogP contribution >= 0.6 is 0 Å². The van der Waals surface area contributed by atoms with Crippen LogP contribution in [0.2, 0.25) is 0 Å². The molecule has 2 aromatic rings. The number of likely N-dealkylation sites (N-methyl/N-ethyl adjacent to an activating group) is 4. The van der Waals surface area contributed by atoms with Crippen LogP contribution in [-0.4, -0.2) is 183 Å². The van der Waals surface area contributed by atoms with E-state index < -0.39 is 121 Å². The number of amides is 4. The van der Waals surface area contributed by atoms with Gasteiger partial charge in [0.2, 0.25) is 0 Å². The first-order valence-electron chi connectivity index (χ1n) is 28.0. The lowest BCUT2D eigenvalue weighted by Gasteiger charge is -2.35. The summed E-state index contributed by atoms with van der Waals surface area (Å²) in [5.41, 5.74) is -0.945. The minimum absolute atomic E-state index is 0.00530. The highest BCUT2D eigenvalue weighted by atomic mass is 19.1.